The number of furan rings is 1. The molecule has 1 fully saturated rings. The van der Waals surface area contributed by atoms with Crippen LogP contribution in [-0.2, 0) is 6.42 Å². The predicted octanol–water partition coefficient (Wildman–Crippen LogP) is 0.934. The normalized spacial score (nSPS) is 20.5. The van der Waals surface area contributed by atoms with Crippen LogP contribution < -0.4 is 10.6 Å². The monoisotopic (exact) mass is 208 g/mol. The molecule has 1 aliphatic heterocycles. The van der Waals surface area contributed by atoms with E-state index >= 15 is 0 Å². The summed E-state index contributed by atoms with van der Waals surface area (Å²) in [5.41, 5.74) is 0.671. The molecule has 1 aromatic heterocycles. The lowest BCUT2D eigenvalue weighted by atomic mass is 10.2. The van der Waals surface area contributed by atoms with Crippen molar-refractivity contribution in [1.29, 1.82) is 0 Å². The highest BCUT2D eigenvalue weighted by Gasteiger charge is 2.19. The molecule has 0 bridgehead atoms. The molecule has 0 aliphatic carbocycles. The molecular weight excluding hydrogens is 192 g/mol. The highest BCUT2D eigenvalue weighted by Crippen LogP contribution is 2.11. The number of carbonyl (C=O) groups is 1. The third kappa shape index (κ3) is 2.21. The van der Waals surface area contributed by atoms with E-state index in [-0.39, 0.29) is 11.9 Å². The molecule has 2 N–H and O–H groups in total. The van der Waals surface area contributed by atoms with Gasteiger partial charge < -0.3 is 15.1 Å². The van der Waals surface area contributed by atoms with Crippen molar-refractivity contribution in [3.63, 3.8) is 0 Å². The van der Waals surface area contributed by atoms with Crippen LogP contribution in [0.5, 0.6) is 0 Å². The molecule has 2 rings (SSSR count). The molecule has 1 saturated heterocycles. The van der Waals surface area contributed by atoms with E-state index in [9.17, 15) is 4.79 Å². The average Bonchev–Trinajstić information content (AvgIpc) is 2.86. The topological polar surface area (TPSA) is 54.3 Å². The fourth-order valence-corrected chi connectivity index (χ4v) is 1.86. The Kier molecular flexibility index (Phi) is 3.06. The Morgan fingerprint density at radius 3 is 3.27 bits per heavy atom. The van der Waals surface area contributed by atoms with Gasteiger partial charge in [0.1, 0.15) is 5.76 Å². The van der Waals surface area contributed by atoms with Crippen molar-refractivity contribution in [1.82, 2.24) is 10.6 Å². The van der Waals surface area contributed by atoms with E-state index in [2.05, 4.69) is 10.6 Å². The molecule has 1 amide bonds. The lowest BCUT2D eigenvalue weighted by Gasteiger charge is -2.10. The Bertz CT molecular complexity index is 340. The zero-order valence-electron chi connectivity index (χ0n) is 8.88. The summed E-state index contributed by atoms with van der Waals surface area (Å²) in [5, 5.41) is 6.21. The Labute approximate surface area is 89.0 Å². The van der Waals surface area contributed by atoms with Crippen LogP contribution >= 0.6 is 0 Å². The average molecular weight is 208 g/mol. The molecule has 2 heterocycles. The van der Waals surface area contributed by atoms with Crippen molar-refractivity contribution in [2.75, 3.05) is 13.1 Å². The largest absolute Gasteiger partial charge is 0.469 e. The highest BCUT2D eigenvalue weighted by molar-refractivity contribution is 5.95. The molecule has 1 atom stereocenters. The van der Waals surface area contributed by atoms with Crippen LogP contribution in [0.2, 0.25) is 0 Å². The van der Waals surface area contributed by atoms with Crippen LogP contribution in [0.15, 0.2) is 16.7 Å². The summed E-state index contributed by atoms with van der Waals surface area (Å²) in [6, 6.07) is 1.99. The van der Waals surface area contributed by atoms with Gasteiger partial charge >= 0.3 is 0 Å². The minimum absolute atomic E-state index is 0.0192. The highest BCUT2D eigenvalue weighted by atomic mass is 16.3. The van der Waals surface area contributed by atoms with E-state index in [1.807, 2.05) is 6.92 Å². The zero-order chi connectivity index (χ0) is 10.7. The van der Waals surface area contributed by atoms with E-state index in [4.69, 9.17) is 4.42 Å². The van der Waals surface area contributed by atoms with Gasteiger partial charge in [0.2, 0.25) is 0 Å². The number of carbonyl (C=O) groups excluding carboxylic acids is 1. The predicted molar refractivity (Wildman–Crippen MR) is 56.8 cm³/mol. The summed E-state index contributed by atoms with van der Waals surface area (Å²) >= 11 is 0. The summed E-state index contributed by atoms with van der Waals surface area (Å²) in [6.07, 6.45) is 3.32. The number of aryl methyl sites for hydroxylation is 1. The van der Waals surface area contributed by atoms with Gasteiger partial charge in [0, 0.05) is 19.0 Å². The number of hydrogen-bond acceptors (Lipinski definition) is 3. The Hall–Kier alpha value is -1.29. The summed E-state index contributed by atoms with van der Waals surface area (Å²) in [6.45, 7) is 3.83. The van der Waals surface area contributed by atoms with Crippen LogP contribution in [0.3, 0.4) is 0 Å². The first-order valence-electron chi connectivity index (χ1n) is 5.39. The quantitative estimate of drug-likeness (QED) is 0.777. The second-order valence-electron chi connectivity index (χ2n) is 3.77. The van der Waals surface area contributed by atoms with E-state index in [0.29, 0.717) is 5.56 Å². The van der Waals surface area contributed by atoms with Gasteiger partial charge in [-0.25, -0.2) is 0 Å². The van der Waals surface area contributed by atoms with Crippen molar-refractivity contribution in [2.45, 2.75) is 25.8 Å². The van der Waals surface area contributed by atoms with Gasteiger partial charge in [0.15, 0.2) is 0 Å². The van der Waals surface area contributed by atoms with Gasteiger partial charge in [-0.15, -0.1) is 0 Å². The van der Waals surface area contributed by atoms with Crippen LogP contribution in [-0.4, -0.2) is 25.0 Å². The summed E-state index contributed by atoms with van der Waals surface area (Å²) in [4.78, 5) is 11.8. The van der Waals surface area contributed by atoms with Crippen LogP contribution in [0, 0.1) is 0 Å². The van der Waals surface area contributed by atoms with Crippen LogP contribution in [0.1, 0.15) is 29.5 Å². The van der Waals surface area contributed by atoms with Gasteiger partial charge in [0.25, 0.3) is 5.91 Å². The Morgan fingerprint density at radius 1 is 1.73 bits per heavy atom. The fraction of sp³-hybridized carbons (Fsp3) is 0.545. The van der Waals surface area contributed by atoms with Gasteiger partial charge in [0.05, 0.1) is 11.8 Å². The molecule has 1 aromatic rings. The van der Waals surface area contributed by atoms with Gasteiger partial charge in [-0.05, 0) is 19.0 Å². The maximum absolute atomic E-state index is 11.8. The second kappa shape index (κ2) is 4.49. The van der Waals surface area contributed by atoms with Gasteiger partial charge in [-0.2, -0.15) is 0 Å². The van der Waals surface area contributed by atoms with Gasteiger partial charge in [-0.3, -0.25) is 4.79 Å². The fourth-order valence-electron chi connectivity index (χ4n) is 1.86. The summed E-state index contributed by atoms with van der Waals surface area (Å²) in [7, 11) is 0. The lowest BCUT2D eigenvalue weighted by Crippen LogP contribution is -2.36. The standard InChI is InChI=1S/C11H16N2O2/c1-2-10-9(4-6-15-10)11(14)13-8-3-5-12-7-8/h4,6,8,12H,2-3,5,7H2,1H3,(H,13,14)/t8-/m1/s1. The van der Waals surface area contributed by atoms with E-state index in [1.54, 1.807) is 12.3 Å². The molecule has 4 nitrogen and oxygen atoms in total. The molecule has 0 spiro atoms. The minimum Gasteiger partial charge on any atom is -0.469 e. The van der Waals surface area contributed by atoms with Crippen molar-refractivity contribution in [3.8, 4) is 0 Å². The van der Waals surface area contributed by atoms with Crippen molar-refractivity contribution >= 4 is 5.91 Å². The second-order valence-corrected chi connectivity index (χ2v) is 3.77. The Balaban J connectivity index is 2.00. The molecular formula is C11H16N2O2. The number of amides is 1. The SMILES string of the molecule is CCc1occc1C(=O)N[C@@H]1CCNC1. The Morgan fingerprint density at radius 2 is 2.60 bits per heavy atom. The maximum Gasteiger partial charge on any atom is 0.255 e. The van der Waals surface area contributed by atoms with E-state index in [0.717, 1.165) is 31.7 Å². The number of rotatable bonds is 3. The number of nitrogens with one attached hydrogen (secondary N) is 2. The third-order valence-corrected chi connectivity index (χ3v) is 2.71. The van der Waals surface area contributed by atoms with Crippen LogP contribution in [0.4, 0.5) is 0 Å². The lowest BCUT2D eigenvalue weighted by molar-refractivity contribution is 0.0938. The minimum atomic E-state index is -0.0192. The van der Waals surface area contributed by atoms with E-state index in [1.165, 1.54) is 0 Å². The molecule has 15 heavy (non-hydrogen) atoms. The first kappa shape index (κ1) is 10.2. The molecule has 0 unspecified atom stereocenters. The molecule has 4 heteroatoms. The third-order valence-electron chi connectivity index (χ3n) is 2.71. The summed E-state index contributed by atoms with van der Waals surface area (Å²) < 4.78 is 5.22. The molecule has 0 radical (unpaired) electrons. The smallest absolute Gasteiger partial charge is 0.255 e. The van der Waals surface area contributed by atoms with Crippen molar-refractivity contribution in [3.05, 3.63) is 23.7 Å². The zero-order valence-corrected chi connectivity index (χ0v) is 8.88. The summed E-state index contributed by atoms with van der Waals surface area (Å²) in [5.74, 6) is 0.743. The van der Waals surface area contributed by atoms with Crippen LogP contribution in [0.25, 0.3) is 0 Å². The van der Waals surface area contributed by atoms with E-state index < -0.39 is 0 Å². The van der Waals surface area contributed by atoms with Crippen molar-refractivity contribution in [2.24, 2.45) is 0 Å². The maximum atomic E-state index is 11.8. The number of hydrogen-bond donors (Lipinski definition) is 2. The molecule has 0 aromatic carbocycles. The first-order valence-corrected chi connectivity index (χ1v) is 5.39. The molecule has 1 aliphatic rings. The van der Waals surface area contributed by atoms with Gasteiger partial charge in [-0.1, -0.05) is 6.92 Å². The first-order chi connectivity index (χ1) is 7.31. The molecule has 82 valence electrons. The van der Waals surface area contributed by atoms with Crippen molar-refractivity contribution < 1.29 is 9.21 Å². The molecule has 0 saturated carbocycles.